The van der Waals surface area contributed by atoms with Crippen molar-refractivity contribution in [1.29, 1.82) is 0 Å². The van der Waals surface area contributed by atoms with Crippen LogP contribution in [-0.2, 0) is 20.8 Å². The number of hydrogen-bond donors (Lipinski definition) is 3. The topological polar surface area (TPSA) is 93.8 Å². The van der Waals surface area contributed by atoms with Crippen LogP contribution in [0.15, 0.2) is 30.3 Å². The normalized spacial score (nSPS) is 17.8. The SMILES string of the molecule is CNCC(=O)N(CCc1ccccc1)C[C@@H]1CCCN1C(=O)[C@@H](NC(=O)[C@H](C)NC)C(C)(C)C. The number of benzene rings is 1. The average molecular weight is 474 g/mol. The lowest BCUT2D eigenvalue weighted by molar-refractivity contribution is -0.142. The highest BCUT2D eigenvalue weighted by atomic mass is 16.2. The predicted octanol–water partition coefficient (Wildman–Crippen LogP) is 1.41. The number of nitrogens with one attached hydrogen (secondary N) is 3. The molecule has 0 aromatic heterocycles. The van der Waals surface area contributed by atoms with Crippen molar-refractivity contribution in [1.82, 2.24) is 25.8 Å². The summed E-state index contributed by atoms with van der Waals surface area (Å²) in [6.07, 6.45) is 2.50. The maximum Gasteiger partial charge on any atom is 0.246 e. The fraction of sp³-hybridized carbons (Fsp3) is 0.654. The van der Waals surface area contributed by atoms with Crippen molar-refractivity contribution >= 4 is 17.7 Å². The van der Waals surface area contributed by atoms with Crippen LogP contribution in [0.5, 0.6) is 0 Å². The van der Waals surface area contributed by atoms with Crippen LogP contribution in [0.4, 0.5) is 0 Å². The van der Waals surface area contributed by atoms with Crippen LogP contribution in [0.2, 0.25) is 0 Å². The van der Waals surface area contributed by atoms with Gasteiger partial charge >= 0.3 is 0 Å². The molecule has 0 spiro atoms. The van der Waals surface area contributed by atoms with Crippen molar-refractivity contribution in [3.63, 3.8) is 0 Å². The molecule has 1 heterocycles. The average Bonchev–Trinajstić information content (AvgIpc) is 3.27. The fourth-order valence-corrected chi connectivity index (χ4v) is 4.27. The third-order valence-electron chi connectivity index (χ3n) is 6.51. The van der Waals surface area contributed by atoms with Gasteiger partial charge in [0.1, 0.15) is 6.04 Å². The van der Waals surface area contributed by atoms with Gasteiger partial charge in [0.2, 0.25) is 17.7 Å². The second-order valence-electron chi connectivity index (χ2n) is 10.3. The maximum atomic E-state index is 13.7. The Morgan fingerprint density at radius 2 is 1.82 bits per heavy atom. The highest BCUT2D eigenvalue weighted by molar-refractivity contribution is 5.90. The van der Waals surface area contributed by atoms with Gasteiger partial charge in [-0.3, -0.25) is 14.4 Å². The van der Waals surface area contributed by atoms with Gasteiger partial charge in [-0.1, -0.05) is 51.1 Å². The van der Waals surface area contributed by atoms with Gasteiger partial charge in [-0.2, -0.15) is 0 Å². The Bertz CT molecular complexity index is 808. The zero-order valence-electron chi connectivity index (χ0n) is 21.7. The Kier molecular flexibility index (Phi) is 10.5. The number of carbonyl (C=O) groups is 3. The van der Waals surface area contributed by atoms with E-state index in [2.05, 4.69) is 28.1 Å². The Labute approximate surface area is 204 Å². The molecule has 2 rings (SSSR count). The molecule has 1 aromatic carbocycles. The first-order chi connectivity index (χ1) is 16.1. The molecule has 0 radical (unpaired) electrons. The van der Waals surface area contributed by atoms with Gasteiger partial charge in [0.05, 0.1) is 12.6 Å². The largest absolute Gasteiger partial charge is 0.342 e. The summed E-state index contributed by atoms with van der Waals surface area (Å²) >= 11 is 0. The van der Waals surface area contributed by atoms with E-state index in [1.807, 2.05) is 48.8 Å². The van der Waals surface area contributed by atoms with Crippen LogP contribution >= 0.6 is 0 Å². The van der Waals surface area contributed by atoms with Crippen LogP contribution in [-0.4, -0.2) is 85.9 Å². The van der Waals surface area contributed by atoms with Crippen LogP contribution in [0.25, 0.3) is 0 Å². The van der Waals surface area contributed by atoms with Crippen molar-refractivity contribution in [3.05, 3.63) is 35.9 Å². The predicted molar refractivity (Wildman–Crippen MR) is 135 cm³/mol. The van der Waals surface area contributed by atoms with Gasteiger partial charge in [0.15, 0.2) is 0 Å². The third-order valence-corrected chi connectivity index (χ3v) is 6.51. The van der Waals surface area contributed by atoms with Crippen LogP contribution in [0, 0.1) is 5.41 Å². The standard InChI is InChI=1S/C26H43N5O3/c1-19(28-6)24(33)29-23(26(2,3)4)25(34)31-15-10-13-21(31)18-30(22(32)17-27-5)16-14-20-11-8-7-9-12-20/h7-9,11-12,19,21,23,27-28H,10,13-18H2,1-6H3,(H,29,33)/t19-,21-,23+/m0/s1. The van der Waals surface area contributed by atoms with E-state index < -0.39 is 11.5 Å². The number of nitrogens with zero attached hydrogens (tertiary/aromatic N) is 2. The van der Waals surface area contributed by atoms with Gasteiger partial charge in [0.25, 0.3) is 0 Å². The van der Waals surface area contributed by atoms with E-state index in [4.69, 9.17) is 0 Å². The molecule has 0 saturated carbocycles. The molecule has 1 aliphatic heterocycles. The number of likely N-dealkylation sites (N-methyl/N-ethyl adjacent to an activating group) is 2. The van der Waals surface area contributed by atoms with Crippen molar-refractivity contribution < 1.29 is 14.4 Å². The van der Waals surface area contributed by atoms with E-state index in [0.717, 1.165) is 19.3 Å². The minimum atomic E-state index is -0.637. The number of amides is 3. The van der Waals surface area contributed by atoms with E-state index in [-0.39, 0.29) is 36.3 Å². The Morgan fingerprint density at radius 3 is 2.41 bits per heavy atom. The molecule has 190 valence electrons. The highest BCUT2D eigenvalue weighted by Gasteiger charge is 2.40. The van der Waals surface area contributed by atoms with Crippen molar-refractivity contribution in [2.75, 3.05) is 40.3 Å². The maximum absolute atomic E-state index is 13.7. The number of likely N-dealkylation sites (tertiary alicyclic amines) is 1. The first-order valence-corrected chi connectivity index (χ1v) is 12.3. The summed E-state index contributed by atoms with van der Waals surface area (Å²) in [6, 6.07) is 9.03. The van der Waals surface area contributed by atoms with Gasteiger partial charge in [-0.15, -0.1) is 0 Å². The minimum absolute atomic E-state index is 0.0289. The molecule has 0 bridgehead atoms. The van der Waals surface area contributed by atoms with Gasteiger partial charge < -0.3 is 25.8 Å². The summed E-state index contributed by atoms with van der Waals surface area (Å²) < 4.78 is 0. The molecule has 3 N–H and O–H groups in total. The molecule has 3 amide bonds. The smallest absolute Gasteiger partial charge is 0.246 e. The summed E-state index contributed by atoms with van der Waals surface area (Å²) in [5, 5.41) is 8.85. The molecule has 1 fully saturated rings. The number of hydrogen-bond acceptors (Lipinski definition) is 5. The number of carbonyl (C=O) groups excluding carboxylic acids is 3. The first kappa shape index (κ1) is 27.8. The summed E-state index contributed by atoms with van der Waals surface area (Å²) in [5.74, 6) is -0.239. The molecule has 8 heteroatoms. The first-order valence-electron chi connectivity index (χ1n) is 12.3. The molecule has 1 aliphatic rings. The quantitative estimate of drug-likeness (QED) is 0.452. The summed E-state index contributed by atoms with van der Waals surface area (Å²) in [4.78, 5) is 42.9. The van der Waals surface area contributed by atoms with E-state index >= 15 is 0 Å². The van der Waals surface area contributed by atoms with Gasteiger partial charge in [-0.25, -0.2) is 0 Å². The zero-order valence-corrected chi connectivity index (χ0v) is 21.7. The van der Waals surface area contributed by atoms with Gasteiger partial charge in [0, 0.05) is 25.7 Å². The minimum Gasteiger partial charge on any atom is -0.342 e. The lowest BCUT2D eigenvalue weighted by Crippen LogP contribution is -2.59. The Morgan fingerprint density at radius 1 is 1.15 bits per heavy atom. The van der Waals surface area contributed by atoms with Crippen LogP contribution < -0.4 is 16.0 Å². The molecule has 8 nitrogen and oxygen atoms in total. The van der Waals surface area contributed by atoms with Crippen LogP contribution in [0.3, 0.4) is 0 Å². The molecule has 3 atom stereocenters. The monoisotopic (exact) mass is 473 g/mol. The van der Waals surface area contributed by atoms with Crippen molar-refractivity contribution in [2.24, 2.45) is 5.41 Å². The molecule has 0 unspecified atom stereocenters. The van der Waals surface area contributed by atoms with Crippen molar-refractivity contribution in [3.8, 4) is 0 Å². The lowest BCUT2D eigenvalue weighted by atomic mass is 9.85. The third kappa shape index (κ3) is 7.81. The van der Waals surface area contributed by atoms with E-state index in [0.29, 0.717) is 19.6 Å². The Hall–Kier alpha value is -2.45. The van der Waals surface area contributed by atoms with Crippen LogP contribution in [0.1, 0.15) is 46.1 Å². The van der Waals surface area contributed by atoms with E-state index in [1.54, 1.807) is 21.0 Å². The zero-order chi connectivity index (χ0) is 25.3. The fourth-order valence-electron chi connectivity index (χ4n) is 4.27. The highest BCUT2D eigenvalue weighted by Crippen LogP contribution is 2.26. The van der Waals surface area contributed by atoms with Crippen molar-refractivity contribution in [2.45, 2.75) is 65.1 Å². The Balaban J connectivity index is 2.15. The second kappa shape index (κ2) is 12.9. The lowest BCUT2D eigenvalue weighted by Gasteiger charge is -2.37. The molecule has 0 aliphatic carbocycles. The van der Waals surface area contributed by atoms with Gasteiger partial charge in [-0.05, 0) is 51.3 Å². The summed E-state index contributed by atoms with van der Waals surface area (Å²) in [7, 11) is 3.49. The van der Waals surface area contributed by atoms with E-state index in [1.165, 1.54) is 5.56 Å². The molecule has 34 heavy (non-hydrogen) atoms. The molecule has 1 saturated heterocycles. The molecular formula is C26H43N5O3. The summed E-state index contributed by atoms with van der Waals surface area (Å²) in [6.45, 7) is 9.67. The van der Waals surface area contributed by atoms with E-state index in [9.17, 15) is 14.4 Å². The molecule has 1 aromatic rings. The number of rotatable bonds is 11. The molecular weight excluding hydrogens is 430 g/mol. The second-order valence-corrected chi connectivity index (χ2v) is 10.3. The summed E-state index contributed by atoms with van der Waals surface area (Å²) in [5.41, 5.74) is 0.737.